The highest BCUT2D eigenvalue weighted by Gasteiger charge is 2.15. The molecule has 0 fully saturated rings. The molecular formula is C15H18N2O3. The monoisotopic (exact) mass is 274 g/mol. The number of hydrogen-bond donors (Lipinski definition) is 0. The molecule has 2 aromatic rings. The molecule has 0 spiro atoms. The fourth-order valence-electron chi connectivity index (χ4n) is 2.10. The lowest BCUT2D eigenvalue weighted by Gasteiger charge is -2.12. The molecule has 0 amide bonds. The van der Waals surface area contributed by atoms with Crippen LogP contribution in [-0.4, -0.2) is 22.1 Å². The van der Waals surface area contributed by atoms with Gasteiger partial charge in [-0.3, -0.25) is 9.78 Å². The van der Waals surface area contributed by atoms with Gasteiger partial charge in [0.2, 0.25) is 0 Å². The highest BCUT2D eigenvalue weighted by molar-refractivity contribution is 5.94. The Hall–Kier alpha value is -2.17. The average molecular weight is 274 g/mol. The molecule has 5 nitrogen and oxygen atoms in total. The fraction of sp³-hybridized carbons (Fsp3) is 0.400. The Kier molecular flexibility index (Phi) is 3.88. The SMILES string of the molecule is CCOC(=O)c1cc2c(=O)n(C(C)C)ccc2nc1C. The standard InChI is InChI=1S/C15H18N2O3/c1-5-20-15(19)11-8-12-13(16-10(11)4)6-7-17(9(2)3)14(12)18/h6-9H,5H2,1-4H3. The van der Waals surface area contributed by atoms with E-state index in [4.69, 9.17) is 4.74 Å². The van der Waals surface area contributed by atoms with Crippen molar-refractivity contribution in [2.75, 3.05) is 6.61 Å². The van der Waals surface area contributed by atoms with Gasteiger partial charge in [-0.25, -0.2) is 4.79 Å². The molecule has 0 bridgehead atoms. The van der Waals surface area contributed by atoms with Crippen molar-refractivity contribution < 1.29 is 9.53 Å². The summed E-state index contributed by atoms with van der Waals surface area (Å²) >= 11 is 0. The summed E-state index contributed by atoms with van der Waals surface area (Å²) in [7, 11) is 0. The molecule has 2 heterocycles. The van der Waals surface area contributed by atoms with Crippen molar-refractivity contribution in [3.63, 3.8) is 0 Å². The van der Waals surface area contributed by atoms with E-state index in [-0.39, 0.29) is 11.6 Å². The number of nitrogens with zero attached hydrogens (tertiary/aromatic N) is 2. The van der Waals surface area contributed by atoms with E-state index in [1.807, 2.05) is 13.8 Å². The van der Waals surface area contributed by atoms with Gasteiger partial charge in [-0.05, 0) is 39.8 Å². The predicted octanol–water partition coefficient (Wildman–Crippen LogP) is 2.46. The number of pyridine rings is 2. The summed E-state index contributed by atoms with van der Waals surface area (Å²) in [4.78, 5) is 28.6. The van der Waals surface area contributed by atoms with Gasteiger partial charge in [-0.1, -0.05) is 0 Å². The summed E-state index contributed by atoms with van der Waals surface area (Å²) in [5.41, 5.74) is 1.36. The largest absolute Gasteiger partial charge is 0.462 e. The van der Waals surface area contributed by atoms with Gasteiger partial charge >= 0.3 is 5.97 Å². The third kappa shape index (κ3) is 2.43. The highest BCUT2D eigenvalue weighted by Crippen LogP contribution is 2.15. The van der Waals surface area contributed by atoms with Crippen LogP contribution in [0.2, 0.25) is 0 Å². The van der Waals surface area contributed by atoms with E-state index < -0.39 is 5.97 Å². The van der Waals surface area contributed by atoms with Crippen LogP contribution >= 0.6 is 0 Å². The molecule has 0 radical (unpaired) electrons. The van der Waals surface area contributed by atoms with Crippen molar-refractivity contribution >= 4 is 16.9 Å². The second-order valence-corrected chi connectivity index (χ2v) is 4.90. The molecule has 2 rings (SSSR count). The zero-order chi connectivity index (χ0) is 14.9. The van der Waals surface area contributed by atoms with Gasteiger partial charge in [0, 0.05) is 12.2 Å². The molecule has 0 N–H and O–H groups in total. The predicted molar refractivity (Wildman–Crippen MR) is 77.1 cm³/mol. The van der Waals surface area contributed by atoms with Crippen LogP contribution in [0.4, 0.5) is 0 Å². The molecule has 0 aliphatic heterocycles. The lowest BCUT2D eigenvalue weighted by molar-refractivity contribution is 0.0525. The second-order valence-electron chi connectivity index (χ2n) is 4.90. The number of rotatable bonds is 3. The van der Waals surface area contributed by atoms with Gasteiger partial charge < -0.3 is 9.30 Å². The van der Waals surface area contributed by atoms with Crippen LogP contribution < -0.4 is 5.56 Å². The molecule has 0 aliphatic carbocycles. The van der Waals surface area contributed by atoms with Crippen LogP contribution in [0.25, 0.3) is 10.9 Å². The Balaban J connectivity index is 2.69. The Morgan fingerprint density at radius 1 is 1.45 bits per heavy atom. The van der Waals surface area contributed by atoms with Gasteiger partial charge in [0.25, 0.3) is 5.56 Å². The van der Waals surface area contributed by atoms with Crippen molar-refractivity contribution in [2.24, 2.45) is 0 Å². The van der Waals surface area contributed by atoms with Crippen molar-refractivity contribution in [3.05, 3.63) is 39.9 Å². The lowest BCUT2D eigenvalue weighted by Crippen LogP contribution is -2.22. The van der Waals surface area contributed by atoms with Gasteiger partial charge in [-0.15, -0.1) is 0 Å². The summed E-state index contributed by atoms with van der Waals surface area (Å²) in [5.74, 6) is -0.446. The zero-order valence-electron chi connectivity index (χ0n) is 12.1. The van der Waals surface area contributed by atoms with Crippen LogP contribution in [0.15, 0.2) is 23.1 Å². The van der Waals surface area contributed by atoms with Crippen LogP contribution in [0, 0.1) is 6.92 Å². The average Bonchev–Trinajstić information content (AvgIpc) is 2.38. The lowest BCUT2D eigenvalue weighted by atomic mass is 10.1. The van der Waals surface area contributed by atoms with Gasteiger partial charge in [-0.2, -0.15) is 0 Å². The summed E-state index contributed by atoms with van der Waals surface area (Å²) in [6, 6.07) is 3.43. The third-order valence-electron chi connectivity index (χ3n) is 3.15. The zero-order valence-corrected chi connectivity index (χ0v) is 12.1. The number of hydrogen-bond acceptors (Lipinski definition) is 4. The first-order chi connectivity index (χ1) is 9.45. The normalized spacial score (nSPS) is 11.1. The van der Waals surface area contributed by atoms with E-state index >= 15 is 0 Å². The maximum absolute atomic E-state index is 12.4. The number of aromatic nitrogens is 2. The van der Waals surface area contributed by atoms with Gasteiger partial charge in [0.05, 0.1) is 28.8 Å². The number of fused-ring (bicyclic) bond motifs is 1. The quantitative estimate of drug-likeness (QED) is 0.807. The van der Waals surface area contributed by atoms with Gasteiger partial charge in [0.15, 0.2) is 0 Å². The molecular weight excluding hydrogens is 256 g/mol. The number of carbonyl (C=O) groups is 1. The smallest absolute Gasteiger partial charge is 0.339 e. The molecule has 5 heteroatoms. The molecule has 0 saturated heterocycles. The van der Waals surface area contributed by atoms with E-state index in [9.17, 15) is 9.59 Å². The van der Waals surface area contributed by atoms with Crippen molar-refractivity contribution in [1.29, 1.82) is 0 Å². The van der Waals surface area contributed by atoms with E-state index in [0.29, 0.717) is 28.8 Å². The van der Waals surface area contributed by atoms with E-state index in [0.717, 1.165) is 0 Å². The summed E-state index contributed by atoms with van der Waals surface area (Å²) < 4.78 is 6.61. The first kappa shape index (κ1) is 14.2. The second kappa shape index (κ2) is 5.45. The van der Waals surface area contributed by atoms with E-state index in [1.54, 1.807) is 36.7 Å². The van der Waals surface area contributed by atoms with Crippen LogP contribution in [0.3, 0.4) is 0 Å². The minimum absolute atomic E-state index is 0.0549. The molecule has 0 saturated carbocycles. The van der Waals surface area contributed by atoms with Gasteiger partial charge in [0.1, 0.15) is 0 Å². The minimum atomic E-state index is -0.446. The molecule has 20 heavy (non-hydrogen) atoms. The van der Waals surface area contributed by atoms with Crippen LogP contribution in [-0.2, 0) is 4.74 Å². The van der Waals surface area contributed by atoms with Crippen LogP contribution in [0.5, 0.6) is 0 Å². The summed E-state index contributed by atoms with van der Waals surface area (Å²) in [6.45, 7) is 7.64. The topological polar surface area (TPSA) is 61.2 Å². The number of ether oxygens (including phenoxy) is 1. The molecule has 106 valence electrons. The Bertz CT molecular complexity index is 717. The molecule has 0 aromatic carbocycles. The molecule has 0 atom stereocenters. The third-order valence-corrected chi connectivity index (χ3v) is 3.15. The number of carbonyl (C=O) groups excluding carboxylic acids is 1. The number of aryl methyl sites for hydroxylation is 1. The summed E-state index contributed by atoms with van der Waals surface area (Å²) in [6.07, 6.45) is 1.73. The maximum atomic E-state index is 12.4. The van der Waals surface area contributed by atoms with E-state index in [1.165, 1.54) is 0 Å². The first-order valence-corrected chi connectivity index (χ1v) is 6.65. The Morgan fingerprint density at radius 3 is 2.75 bits per heavy atom. The molecule has 0 aliphatic rings. The van der Waals surface area contributed by atoms with E-state index in [2.05, 4.69) is 4.98 Å². The highest BCUT2D eigenvalue weighted by atomic mass is 16.5. The number of esters is 1. The summed E-state index contributed by atoms with van der Waals surface area (Å²) in [5, 5.41) is 0.440. The van der Waals surface area contributed by atoms with Crippen molar-refractivity contribution in [2.45, 2.75) is 33.7 Å². The van der Waals surface area contributed by atoms with Crippen LogP contribution in [0.1, 0.15) is 42.9 Å². The van der Waals surface area contributed by atoms with Crippen molar-refractivity contribution in [1.82, 2.24) is 9.55 Å². The molecule has 2 aromatic heterocycles. The molecule has 0 unspecified atom stereocenters. The maximum Gasteiger partial charge on any atom is 0.339 e. The minimum Gasteiger partial charge on any atom is -0.462 e. The first-order valence-electron chi connectivity index (χ1n) is 6.65. The fourth-order valence-corrected chi connectivity index (χ4v) is 2.10. The Labute approximate surface area is 117 Å². The van der Waals surface area contributed by atoms with Crippen molar-refractivity contribution in [3.8, 4) is 0 Å². The Morgan fingerprint density at radius 2 is 2.15 bits per heavy atom.